The summed E-state index contributed by atoms with van der Waals surface area (Å²) in [5, 5.41) is 0. The van der Waals surface area contributed by atoms with E-state index in [1.165, 1.54) is 12.5 Å². The molecular weight excluding hydrogens is 308 g/mol. The van der Waals surface area contributed by atoms with Gasteiger partial charge in [0.2, 0.25) is 5.91 Å². The molecule has 0 aliphatic carbocycles. The summed E-state index contributed by atoms with van der Waals surface area (Å²) in [5.74, 6) is -0.188. The Bertz CT molecular complexity index is 779. The molecule has 2 amide bonds. The van der Waals surface area contributed by atoms with Gasteiger partial charge in [0.05, 0.1) is 35.9 Å². The standard InChI is InChI=1S/C16H16N6O2/c1-10-2-20-14(5-19-10)16(24)21-6-11-7-22(15(23)13(11)8-21)12-3-17-9-18-4-12/h2-5,9,11,13H,6-8H2,1H3/t11-,13-/m0/s1. The van der Waals surface area contributed by atoms with Gasteiger partial charge in [0, 0.05) is 31.7 Å². The first-order chi connectivity index (χ1) is 11.6. The summed E-state index contributed by atoms with van der Waals surface area (Å²) in [6.45, 7) is 3.37. The second-order valence-corrected chi connectivity index (χ2v) is 6.17. The molecule has 2 atom stereocenters. The highest BCUT2D eigenvalue weighted by molar-refractivity contribution is 5.99. The number of hydrogen-bond donors (Lipinski definition) is 0. The fourth-order valence-corrected chi connectivity index (χ4v) is 3.35. The number of fused-ring (bicyclic) bond motifs is 1. The van der Waals surface area contributed by atoms with Crippen LogP contribution in [0.3, 0.4) is 0 Å². The number of carbonyl (C=O) groups is 2. The molecular formula is C16H16N6O2. The monoisotopic (exact) mass is 324 g/mol. The van der Waals surface area contributed by atoms with E-state index in [9.17, 15) is 9.59 Å². The van der Waals surface area contributed by atoms with Crippen LogP contribution in [0.15, 0.2) is 31.1 Å². The van der Waals surface area contributed by atoms with Crippen LogP contribution < -0.4 is 4.90 Å². The van der Waals surface area contributed by atoms with Crippen molar-refractivity contribution < 1.29 is 9.59 Å². The van der Waals surface area contributed by atoms with Crippen molar-refractivity contribution in [1.29, 1.82) is 0 Å². The highest BCUT2D eigenvalue weighted by Crippen LogP contribution is 2.35. The molecule has 2 saturated heterocycles. The highest BCUT2D eigenvalue weighted by atomic mass is 16.2. The third kappa shape index (κ3) is 2.40. The minimum absolute atomic E-state index is 0.0279. The second kappa shape index (κ2) is 5.63. The lowest BCUT2D eigenvalue weighted by atomic mass is 10.0. The number of aromatic nitrogens is 4. The van der Waals surface area contributed by atoms with Gasteiger partial charge in [-0.25, -0.2) is 15.0 Å². The number of nitrogens with zero attached hydrogens (tertiary/aromatic N) is 6. The topological polar surface area (TPSA) is 92.2 Å². The molecule has 8 nitrogen and oxygen atoms in total. The van der Waals surface area contributed by atoms with Gasteiger partial charge >= 0.3 is 0 Å². The van der Waals surface area contributed by atoms with E-state index in [-0.39, 0.29) is 23.7 Å². The Labute approximate surface area is 138 Å². The molecule has 2 aromatic rings. The lowest BCUT2D eigenvalue weighted by Gasteiger charge is -2.21. The molecule has 0 unspecified atom stereocenters. The van der Waals surface area contributed by atoms with Crippen LogP contribution in [0.5, 0.6) is 0 Å². The number of rotatable bonds is 2. The Morgan fingerprint density at radius 2 is 1.88 bits per heavy atom. The van der Waals surface area contributed by atoms with Crippen molar-refractivity contribution in [3.8, 4) is 0 Å². The average Bonchev–Trinajstić information content (AvgIpc) is 3.15. The third-order valence-electron chi connectivity index (χ3n) is 4.59. The van der Waals surface area contributed by atoms with Gasteiger partial charge < -0.3 is 9.80 Å². The molecule has 0 N–H and O–H groups in total. The third-order valence-corrected chi connectivity index (χ3v) is 4.59. The highest BCUT2D eigenvalue weighted by Gasteiger charge is 2.48. The number of aryl methyl sites for hydroxylation is 1. The fourth-order valence-electron chi connectivity index (χ4n) is 3.35. The minimum Gasteiger partial charge on any atom is -0.336 e. The van der Waals surface area contributed by atoms with E-state index in [1.54, 1.807) is 28.4 Å². The van der Waals surface area contributed by atoms with Gasteiger partial charge in [0.25, 0.3) is 5.91 Å². The van der Waals surface area contributed by atoms with Gasteiger partial charge in [-0.2, -0.15) is 0 Å². The number of likely N-dealkylation sites (tertiary alicyclic amines) is 1. The Morgan fingerprint density at radius 1 is 1.08 bits per heavy atom. The quantitative estimate of drug-likeness (QED) is 0.789. The zero-order valence-electron chi connectivity index (χ0n) is 13.2. The molecule has 2 aliphatic heterocycles. The van der Waals surface area contributed by atoms with Crippen molar-refractivity contribution in [1.82, 2.24) is 24.8 Å². The molecule has 24 heavy (non-hydrogen) atoms. The van der Waals surface area contributed by atoms with Crippen LogP contribution >= 0.6 is 0 Å². The number of anilines is 1. The summed E-state index contributed by atoms with van der Waals surface area (Å²) in [6.07, 6.45) is 7.77. The van der Waals surface area contributed by atoms with Crippen molar-refractivity contribution in [2.45, 2.75) is 6.92 Å². The Balaban J connectivity index is 1.48. The van der Waals surface area contributed by atoms with Crippen molar-refractivity contribution in [2.24, 2.45) is 11.8 Å². The predicted octanol–water partition coefficient (Wildman–Crippen LogP) is 0.310. The molecule has 2 aliphatic rings. The van der Waals surface area contributed by atoms with E-state index in [4.69, 9.17) is 0 Å². The Hall–Kier alpha value is -2.90. The van der Waals surface area contributed by atoms with Crippen molar-refractivity contribution in [3.05, 3.63) is 42.5 Å². The van der Waals surface area contributed by atoms with Gasteiger partial charge in [-0.05, 0) is 6.92 Å². The molecule has 0 saturated carbocycles. The van der Waals surface area contributed by atoms with Crippen LogP contribution in [0.2, 0.25) is 0 Å². The molecule has 2 aromatic heterocycles. The first-order valence-corrected chi connectivity index (χ1v) is 7.78. The van der Waals surface area contributed by atoms with Crippen molar-refractivity contribution in [2.75, 3.05) is 24.5 Å². The van der Waals surface area contributed by atoms with E-state index in [0.717, 1.165) is 5.69 Å². The van der Waals surface area contributed by atoms with Crippen LogP contribution in [0, 0.1) is 18.8 Å². The van der Waals surface area contributed by atoms with E-state index in [1.807, 2.05) is 6.92 Å². The van der Waals surface area contributed by atoms with Gasteiger partial charge in [-0.1, -0.05) is 0 Å². The van der Waals surface area contributed by atoms with Crippen LogP contribution in [-0.4, -0.2) is 56.3 Å². The van der Waals surface area contributed by atoms with E-state index < -0.39 is 0 Å². The molecule has 0 radical (unpaired) electrons. The molecule has 0 spiro atoms. The van der Waals surface area contributed by atoms with E-state index >= 15 is 0 Å². The minimum atomic E-state index is -0.174. The van der Waals surface area contributed by atoms with Gasteiger partial charge in [-0.15, -0.1) is 0 Å². The summed E-state index contributed by atoms with van der Waals surface area (Å²) in [4.78, 5) is 44.7. The maximum Gasteiger partial charge on any atom is 0.274 e. The molecule has 4 heterocycles. The normalized spacial score (nSPS) is 22.8. The maximum atomic E-state index is 12.6. The van der Waals surface area contributed by atoms with Crippen LogP contribution in [0.25, 0.3) is 0 Å². The average molecular weight is 324 g/mol. The molecule has 0 bridgehead atoms. The van der Waals surface area contributed by atoms with Gasteiger partial charge in [0.15, 0.2) is 0 Å². The number of hydrogen-bond acceptors (Lipinski definition) is 6. The van der Waals surface area contributed by atoms with E-state index in [2.05, 4.69) is 19.9 Å². The van der Waals surface area contributed by atoms with Gasteiger partial charge in [-0.3, -0.25) is 14.6 Å². The Kier molecular flexibility index (Phi) is 3.44. The van der Waals surface area contributed by atoms with Crippen LogP contribution in [0.1, 0.15) is 16.2 Å². The fraction of sp³-hybridized carbons (Fsp3) is 0.375. The molecule has 8 heteroatoms. The molecule has 4 rings (SSSR count). The zero-order valence-corrected chi connectivity index (χ0v) is 13.2. The molecule has 0 aromatic carbocycles. The van der Waals surface area contributed by atoms with Crippen molar-refractivity contribution in [3.63, 3.8) is 0 Å². The predicted molar refractivity (Wildman–Crippen MR) is 84.0 cm³/mol. The first kappa shape index (κ1) is 14.7. The van der Waals surface area contributed by atoms with Gasteiger partial charge in [0.1, 0.15) is 12.0 Å². The zero-order chi connectivity index (χ0) is 16.7. The summed E-state index contributed by atoms with van der Waals surface area (Å²) in [7, 11) is 0. The summed E-state index contributed by atoms with van der Waals surface area (Å²) < 4.78 is 0. The summed E-state index contributed by atoms with van der Waals surface area (Å²) in [5.41, 5.74) is 1.79. The maximum absolute atomic E-state index is 12.6. The smallest absolute Gasteiger partial charge is 0.274 e. The largest absolute Gasteiger partial charge is 0.336 e. The number of carbonyl (C=O) groups excluding carboxylic acids is 2. The SMILES string of the molecule is Cc1cnc(C(=O)N2C[C@H]3CN(c4cncnc4)C(=O)[C@H]3C2)cn1. The summed E-state index contributed by atoms with van der Waals surface area (Å²) >= 11 is 0. The Morgan fingerprint density at radius 3 is 2.54 bits per heavy atom. The second-order valence-electron chi connectivity index (χ2n) is 6.17. The molecule has 122 valence electrons. The lowest BCUT2D eigenvalue weighted by Crippen LogP contribution is -2.36. The first-order valence-electron chi connectivity index (χ1n) is 7.78. The summed E-state index contributed by atoms with van der Waals surface area (Å²) in [6, 6.07) is 0. The molecule has 2 fully saturated rings. The number of amides is 2. The lowest BCUT2D eigenvalue weighted by molar-refractivity contribution is -0.120. The van der Waals surface area contributed by atoms with E-state index in [0.29, 0.717) is 31.0 Å². The van der Waals surface area contributed by atoms with Crippen molar-refractivity contribution >= 4 is 17.5 Å². The van der Waals surface area contributed by atoms with Crippen LogP contribution in [-0.2, 0) is 4.79 Å². The van der Waals surface area contributed by atoms with Crippen LogP contribution in [0.4, 0.5) is 5.69 Å².